The lowest BCUT2D eigenvalue weighted by Gasteiger charge is -2.38. The fourth-order valence-electron chi connectivity index (χ4n) is 3.24. The number of rotatable bonds is 4. The molecule has 3 nitrogen and oxygen atoms in total. The lowest BCUT2D eigenvalue weighted by atomic mass is 9.78. The number of hydrogen-bond acceptors (Lipinski definition) is 3. The Balaban J connectivity index is 2.39. The molecule has 0 N–H and O–H groups in total. The van der Waals surface area contributed by atoms with Crippen molar-refractivity contribution in [3.63, 3.8) is 0 Å². The summed E-state index contributed by atoms with van der Waals surface area (Å²) < 4.78 is 5.84. The maximum atomic E-state index is 11.6. The fraction of sp³-hybridized carbons (Fsp3) is 0.562. The molecule has 0 aliphatic carbocycles. The van der Waals surface area contributed by atoms with Crippen molar-refractivity contribution in [3.8, 4) is 0 Å². The predicted molar refractivity (Wildman–Crippen MR) is 75.8 cm³/mol. The minimum Gasteiger partial charge on any atom is -0.454 e. The van der Waals surface area contributed by atoms with Crippen LogP contribution in [0.3, 0.4) is 0 Å². The van der Waals surface area contributed by atoms with E-state index in [2.05, 4.69) is 31.0 Å². The van der Waals surface area contributed by atoms with Gasteiger partial charge < -0.3 is 9.64 Å². The zero-order chi connectivity index (χ0) is 13.9. The molecular weight excluding hydrogens is 238 g/mol. The van der Waals surface area contributed by atoms with Crippen LogP contribution in [0.1, 0.15) is 32.3 Å². The van der Waals surface area contributed by atoms with Crippen molar-refractivity contribution in [2.75, 3.05) is 20.1 Å². The minimum atomic E-state index is -0.474. The summed E-state index contributed by atoms with van der Waals surface area (Å²) in [5.74, 6) is 0.175. The van der Waals surface area contributed by atoms with Gasteiger partial charge in [0.1, 0.15) is 5.60 Å². The van der Waals surface area contributed by atoms with Crippen molar-refractivity contribution < 1.29 is 9.53 Å². The molecule has 0 saturated carbocycles. The van der Waals surface area contributed by atoms with E-state index >= 15 is 0 Å². The largest absolute Gasteiger partial charge is 0.454 e. The number of carbonyl (C=O) groups excluding carboxylic acids is 1. The van der Waals surface area contributed by atoms with E-state index in [9.17, 15) is 4.79 Å². The second-order valence-corrected chi connectivity index (χ2v) is 5.45. The third-order valence-corrected chi connectivity index (χ3v) is 4.16. The first-order valence-corrected chi connectivity index (χ1v) is 7.02. The average molecular weight is 261 g/mol. The Bertz CT molecular complexity index is 432. The van der Waals surface area contributed by atoms with Crippen LogP contribution >= 0.6 is 0 Å². The van der Waals surface area contributed by atoms with Gasteiger partial charge in [0.05, 0.1) is 0 Å². The van der Waals surface area contributed by atoms with E-state index in [1.54, 1.807) is 0 Å². The first-order valence-electron chi connectivity index (χ1n) is 7.02. The van der Waals surface area contributed by atoms with Crippen molar-refractivity contribution >= 4 is 5.97 Å². The molecule has 19 heavy (non-hydrogen) atoms. The number of ether oxygens (including phenoxy) is 1. The number of likely N-dealkylation sites (tertiary alicyclic amines) is 1. The van der Waals surface area contributed by atoms with Gasteiger partial charge in [-0.3, -0.25) is 4.79 Å². The number of benzene rings is 1. The van der Waals surface area contributed by atoms with Gasteiger partial charge in [0.25, 0.3) is 0 Å². The summed E-state index contributed by atoms with van der Waals surface area (Å²) in [6, 6.07) is 10.2. The van der Waals surface area contributed by atoms with Crippen molar-refractivity contribution in [1.82, 2.24) is 4.90 Å². The van der Waals surface area contributed by atoms with Crippen LogP contribution in [0.15, 0.2) is 30.3 Å². The number of carbonyl (C=O) groups is 1. The standard InChI is InChI=1S/C16H23NO2/c1-4-16(19-13(2)18,14-8-6-5-7-9-14)15-10-11-17(3)12-15/h5-9,15H,4,10-12H2,1-3H3/t15-,16-/m1/s1. The first-order chi connectivity index (χ1) is 9.08. The van der Waals surface area contributed by atoms with Gasteiger partial charge in [-0.1, -0.05) is 37.3 Å². The quantitative estimate of drug-likeness (QED) is 0.781. The summed E-state index contributed by atoms with van der Waals surface area (Å²) in [5, 5.41) is 0. The molecule has 1 saturated heterocycles. The van der Waals surface area contributed by atoms with E-state index < -0.39 is 5.60 Å². The molecule has 0 aromatic heterocycles. The number of hydrogen-bond donors (Lipinski definition) is 0. The smallest absolute Gasteiger partial charge is 0.303 e. The Morgan fingerprint density at radius 1 is 1.42 bits per heavy atom. The van der Waals surface area contributed by atoms with E-state index in [-0.39, 0.29) is 5.97 Å². The SMILES string of the molecule is CC[C@@](OC(C)=O)(c1ccccc1)[C@@H]1CCN(C)C1. The maximum absolute atomic E-state index is 11.6. The number of nitrogens with zero attached hydrogens (tertiary/aromatic N) is 1. The summed E-state index contributed by atoms with van der Waals surface area (Å²) in [6.45, 7) is 5.66. The van der Waals surface area contributed by atoms with Crippen LogP contribution in [0.5, 0.6) is 0 Å². The monoisotopic (exact) mass is 261 g/mol. The second kappa shape index (κ2) is 5.74. The van der Waals surface area contributed by atoms with Gasteiger partial charge in [-0.05, 0) is 32.0 Å². The second-order valence-electron chi connectivity index (χ2n) is 5.45. The Kier molecular flexibility index (Phi) is 4.25. The van der Waals surface area contributed by atoms with E-state index in [1.165, 1.54) is 6.92 Å². The highest BCUT2D eigenvalue weighted by atomic mass is 16.6. The molecule has 0 amide bonds. The lowest BCUT2D eigenvalue weighted by Crippen LogP contribution is -2.40. The van der Waals surface area contributed by atoms with Crippen LogP contribution in [0.2, 0.25) is 0 Å². The summed E-state index contributed by atoms with van der Waals surface area (Å²) in [7, 11) is 2.12. The van der Waals surface area contributed by atoms with Crippen molar-refractivity contribution in [2.24, 2.45) is 5.92 Å². The van der Waals surface area contributed by atoms with Gasteiger partial charge in [0.2, 0.25) is 0 Å². The highest BCUT2D eigenvalue weighted by Crippen LogP contribution is 2.41. The molecule has 1 aromatic carbocycles. The molecule has 2 rings (SSSR count). The van der Waals surface area contributed by atoms with E-state index in [0.29, 0.717) is 5.92 Å². The fourth-order valence-corrected chi connectivity index (χ4v) is 3.24. The molecule has 0 spiro atoms. The van der Waals surface area contributed by atoms with Crippen molar-refractivity contribution in [3.05, 3.63) is 35.9 Å². The molecule has 3 heteroatoms. The van der Waals surface area contributed by atoms with E-state index in [0.717, 1.165) is 31.5 Å². The zero-order valence-electron chi connectivity index (χ0n) is 12.1. The van der Waals surface area contributed by atoms with Crippen LogP contribution in [0.25, 0.3) is 0 Å². The molecule has 1 aliphatic rings. The molecule has 0 unspecified atom stereocenters. The molecule has 104 valence electrons. The first kappa shape index (κ1) is 14.1. The Labute approximate surface area is 115 Å². The molecular formula is C16H23NO2. The van der Waals surface area contributed by atoms with E-state index in [4.69, 9.17) is 4.74 Å². The van der Waals surface area contributed by atoms with E-state index in [1.807, 2.05) is 18.2 Å². The highest BCUT2D eigenvalue weighted by Gasteiger charge is 2.44. The lowest BCUT2D eigenvalue weighted by molar-refractivity contribution is -0.165. The van der Waals surface area contributed by atoms with Crippen molar-refractivity contribution in [1.29, 1.82) is 0 Å². The van der Waals surface area contributed by atoms with Crippen LogP contribution < -0.4 is 0 Å². The Morgan fingerprint density at radius 2 is 2.11 bits per heavy atom. The molecule has 1 fully saturated rings. The molecule has 2 atom stereocenters. The third-order valence-electron chi connectivity index (χ3n) is 4.16. The van der Waals surface area contributed by atoms with Gasteiger partial charge in [0, 0.05) is 19.4 Å². The van der Waals surface area contributed by atoms with Crippen molar-refractivity contribution in [2.45, 2.75) is 32.3 Å². The molecule has 1 aromatic rings. The number of esters is 1. The predicted octanol–water partition coefficient (Wildman–Crippen LogP) is 2.81. The van der Waals surface area contributed by atoms with Gasteiger partial charge in [-0.25, -0.2) is 0 Å². The van der Waals surface area contributed by atoms with Crippen LogP contribution in [-0.4, -0.2) is 31.0 Å². The van der Waals surface area contributed by atoms with Gasteiger partial charge in [0.15, 0.2) is 0 Å². The normalized spacial score (nSPS) is 23.0. The van der Waals surface area contributed by atoms with Crippen LogP contribution in [0.4, 0.5) is 0 Å². The Hall–Kier alpha value is -1.35. The molecule has 1 heterocycles. The maximum Gasteiger partial charge on any atom is 0.303 e. The summed E-state index contributed by atoms with van der Waals surface area (Å²) in [4.78, 5) is 13.9. The minimum absolute atomic E-state index is 0.194. The average Bonchev–Trinajstić information content (AvgIpc) is 2.84. The third kappa shape index (κ3) is 2.81. The van der Waals surface area contributed by atoms with Crippen LogP contribution in [0, 0.1) is 5.92 Å². The topological polar surface area (TPSA) is 29.5 Å². The molecule has 0 bridgehead atoms. The molecule has 1 aliphatic heterocycles. The highest BCUT2D eigenvalue weighted by molar-refractivity contribution is 5.67. The van der Waals surface area contributed by atoms with Gasteiger partial charge >= 0.3 is 5.97 Å². The summed E-state index contributed by atoms with van der Waals surface area (Å²) >= 11 is 0. The molecule has 0 radical (unpaired) electrons. The van der Waals surface area contributed by atoms with Crippen LogP contribution in [-0.2, 0) is 15.1 Å². The summed E-state index contributed by atoms with van der Waals surface area (Å²) in [6.07, 6.45) is 1.89. The Morgan fingerprint density at radius 3 is 2.58 bits per heavy atom. The van der Waals surface area contributed by atoms with Gasteiger partial charge in [-0.2, -0.15) is 0 Å². The summed E-state index contributed by atoms with van der Waals surface area (Å²) in [5.41, 5.74) is 0.644. The van der Waals surface area contributed by atoms with Gasteiger partial charge in [-0.15, -0.1) is 0 Å². The zero-order valence-corrected chi connectivity index (χ0v) is 12.1.